The maximum Gasteiger partial charge on any atom is 0.227 e. The molecule has 0 aliphatic rings. The fourth-order valence-electron chi connectivity index (χ4n) is 1.80. The van der Waals surface area contributed by atoms with E-state index in [1.54, 1.807) is 0 Å². The van der Waals surface area contributed by atoms with Crippen molar-refractivity contribution in [2.24, 2.45) is 7.05 Å². The maximum atomic E-state index is 5.75. The van der Waals surface area contributed by atoms with Crippen LogP contribution in [-0.2, 0) is 7.05 Å². The van der Waals surface area contributed by atoms with Crippen LogP contribution in [0.5, 0.6) is 0 Å². The summed E-state index contributed by atoms with van der Waals surface area (Å²) in [5.41, 5.74) is 3.92. The van der Waals surface area contributed by atoms with E-state index in [9.17, 15) is 0 Å². The highest BCUT2D eigenvalue weighted by molar-refractivity contribution is 5.76. The summed E-state index contributed by atoms with van der Waals surface area (Å²) < 4.78 is 7.74. The molecule has 3 nitrogen and oxygen atoms in total. The van der Waals surface area contributed by atoms with E-state index in [2.05, 4.69) is 4.98 Å². The van der Waals surface area contributed by atoms with Gasteiger partial charge in [0, 0.05) is 17.7 Å². The second-order valence-corrected chi connectivity index (χ2v) is 4.24. The lowest BCUT2D eigenvalue weighted by molar-refractivity contribution is -0.671. The van der Waals surface area contributed by atoms with Gasteiger partial charge in [-0.25, -0.2) is 9.55 Å². The van der Waals surface area contributed by atoms with Crippen LogP contribution in [-0.4, -0.2) is 4.98 Å². The topological polar surface area (TPSA) is 29.9 Å². The predicted molar refractivity (Wildman–Crippen MR) is 65.4 cm³/mol. The predicted octanol–water partition coefficient (Wildman–Crippen LogP) is 2.63. The first-order chi connectivity index (χ1) is 8.22. The van der Waals surface area contributed by atoms with Gasteiger partial charge in [0.1, 0.15) is 12.6 Å². The van der Waals surface area contributed by atoms with Gasteiger partial charge < -0.3 is 4.42 Å². The molecule has 17 heavy (non-hydrogen) atoms. The van der Waals surface area contributed by atoms with Crippen LogP contribution in [0.2, 0.25) is 0 Å². The first-order valence-electron chi connectivity index (χ1n) is 5.55. The number of pyridine rings is 1. The molecule has 1 aromatic carbocycles. The molecule has 3 rings (SSSR count). The average molecular weight is 225 g/mol. The minimum atomic E-state index is 0.672. The molecule has 84 valence electrons. The van der Waals surface area contributed by atoms with Gasteiger partial charge in [-0.2, -0.15) is 0 Å². The molecule has 3 aromatic rings. The van der Waals surface area contributed by atoms with E-state index in [1.807, 2.05) is 61.3 Å². The Morgan fingerprint density at radius 1 is 1.12 bits per heavy atom. The second-order valence-electron chi connectivity index (χ2n) is 4.24. The molecule has 0 aliphatic carbocycles. The highest BCUT2D eigenvalue weighted by Crippen LogP contribution is 2.23. The molecule has 0 spiro atoms. The smallest absolute Gasteiger partial charge is 0.227 e. The van der Waals surface area contributed by atoms with E-state index in [0.29, 0.717) is 5.89 Å². The Balaban J connectivity index is 2.14. The molecular weight excluding hydrogens is 212 g/mol. The molecule has 0 aliphatic heterocycles. The molecule has 0 radical (unpaired) electrons. The Morgan fingerprint density at radius 3 is 2.65 bits per heavy atom. The zero-order valence-electron chi connectivity index (χ0n) is 9.84. The summed E-state index contributed by atoms with van der Waals surface area (Å²) in [4.78, 5) is 4.48. The molecule has 3 heteroatoms. The van der Waals surface area contributed by atoms with Crippen molar-refractivity contribution in [3.63, 3.8) is 0 Å². The number of fused-ring (bicyclic) bond motifs is 1. The first-order valence-corrected chi connectivity index (χ1v) is 5.55. The molecule has 0 atom stereocenters. The van der Waals surface area contributed by atoms with Crippen LogP contribution in [0.4, 0.5) is 0 Å². The monoisotopic (exact) mass is 225 g/mol. The van der Waals surface area contributed by atoms with Crippen molar-refractivity contribution < 1.29 is 8.98 Å². The van der Waals surface area contributed by atoms with Crippen LogP contribution in [0.3, 0.4) is 0 Å². The number of oxazole rings is 1. The summed E-state index contributed by atoms with van der Waals surface area (Å²) in [5, 5.41) is 0. The van der Waals surface area contributed by atoms with Gasteiger partial charge >= 0.3 is 0 Å². The van der Waals surface area contributed by atoms with Crippen molar-refractivity contribution in [2.75, 3.05) is 0 Å². The van der Waals surface area contributed by atoms with Gasteiger partial charge in [-0.1, -0.05) is 6.07 Å². The summed E-state index contributed by atoms with van der Waals surface area (Å²) in [6, 6.07) is 10.0. The normalized spacial score (nSPS) is 10.9. The Labute approximate surface area is 99.3 Å². The summed E-state index contributed by atoms with van der Waals surface area (Å²) in [7, 11) is 1.99. The van der Waals surface area contributed by atoms with E-state index in [1.165, 1.54) is 5.56 Å². The van der Waals surface area contributed by atoms with E-state index < -0.39 is 0 Å². The second kappa shape index (κ2) is 3.70. The van der Waals surface area contributed by atoms with Crippen LogP contribution < -0.4 is 4.57 Å². The zero-order valence-corrected chi connectivity index (χ0v) is 9.84. The van der Waals surface area contributed by atoms with Crippen molar-refractivity contribution in [1.82, 2.24) is 4.98 Å². The standard InChI is InChI=1S/C14H13N2O/c1-10-3-4-12-13(9-10)17-14(15-12)11-5-7-16(2)8-6-11/h3-9H,1-2H3/q+1. The quantitative estimate of drug-likeness (QED) is 0.596. The largest absolute Gasteiger partial charge is 0.436 e. The van der Waals surface area contributed by atoms with Gasteiger partial charge in [-0.05, 0) is 24.6 Å². The van der Waals surface area contributed by atoms with E-state index in [-0.39, 0.29) is 0 Å². The molecule has 2 aromatic heterocycles. The molecule has 0 N–H and O–H groups in total. The van der Waals surface area contributed by atoms with E-state index in [4.69, 9.17) is 4.42 Å². The number of rotatable bonds is 1. The average Bonchev–Trinajstić information content (AvgIpc) is 2.72. The van der Waals surface area contributed by atoms with Gasteiger partial charge in [-0.15, -0.1) is 0 Å². The lowest BCUT2D eigenvalue weighted by Crippen LogP contribution is -2.25. The third-order valence-corrected chi connectivity index (χ3v) is 2.77. The minimum Gasteiger partial charge on any atom is -0.436 e. The van der Waals surface area contributed by atoms with Gasteiger partial charge in [0.05, 0.1) is 0 Å². The van der Waals surface area contributed by atoms with Gasteiger partial charge in [0.25, 0.3) is 0 Å². The Bertz CT molecular complexity index is 668. The third-order valence-electron chi connectivity index (χ3n) is 2.77. The van der Waals surface area contributed by atoms with Crippen LogP contribution >= 0.6 is 0 Å². The Kier molecular flexibility index (Phi) is 2.18. The summed E-state index contributed by atoms with van der Waals surface area (Å²) >= 11 is 0. The molecule has 0 fully saturated rings. The van der Waals surface area contributed by atoms with Crippen LogP contribution in [0.15, 0.2) is 47.1 Å². The molecule has 0 unspecified atom stereocenters. The van der Waals surface area contributed by atoms with Gasteiger partial charge in [0.15, 0.2) is 18.0 Å². The summed E-state index contributed by atoms with van der Waals surface area (Å²) in [6.45, 7) is 2.05. The lowest BCUT2D eigenvalue weighted by Gasteiger charge is -1.91. The Hall–Kier alpha value is -2.16. The van der Waals surface area contributed by atoms with Crippen molar-refractivity contribution in [3.8, 4) is 11.5 Å². The third kappa shape index (κ3) is 1.80. The molecule has 0 amide bonds. The van der Waals surface area contributed by atoms with Crippen molar-refractivity contribution in [1.29, 1.82) is 0 Å². The van der Waals surface area contributed by atoms with E-state index in [0.717, 1.165) is 16.7 Å². The highest BCUT2D eigenvalue weighted by Gasteiger charge is 2.08. The van der Waals surface area contributed by atoms with Gasteiger partial charge in [0.2, 0.25) is 5.89 Å². The number of benzene rings is 1. The van der Waals surface area contributed by atoms with Crippen molar-refractivity contribution in [2.45, 2.75) is 6.92 Å². The minimum absolute atomic E-state index is 0.672. The van der Waals surface area contributed by atoms with Crippen molar-refractivity contribution >= 4 is 11.1 Å². The maximum absolute atomic E-state index is 5.75. The van der Waals surface area contributed by atoms with Gasteiger partial charge in [-0.3, -0.25) is 0 Å². The first kappa shape index (κ1) is 10.0. The molecule has 0 saturated heterocycles. The molecule has 2 heterocycles. The SMILES string of the molecule is Cc1ccc2nc(-c3cc[n+](C)cc3)oc2c1. The number of aromatic nitrogens is 2. The lowest BCUT2D eigenvalue weighted by atomic mass is 10.2. The molecule has 0 saturated carbocycles. The fourth-order valence-corrected chi connectivity index (χ4v) is 1.80. The Morgan fingerprint density at radius 2 is 1.88 bits per heavy atom. The highest BCUT2D eigenvalue weighted by atomic mass is 16.3. The summed E-state index contributed by atoms with van der Waals surface area (Å²) in [6.07, 6.45) is 3.96. The van der Waals surface area contributed by atoms with E-state index >= 15 is 0 Å². The molecule has 0 bridgehead atoms. The van der Waals surface area contributed by atoms with Crippen molar-refractivity contribution in [3.05, 3.63) is 48.3 Å². The fraction of sp³-hybridized carbons (Fsp3) is 0.143. The number of aryl methyl sites for hydroxylation is 2. The van der Waals surface area contributed by atoms with Crippen LogP contribution in [0.25, 0.3) is 22.6 Å². The zero-order chi connectivity index (χ0) is 11.8. The van der Waals surface area contributed by atoms with Crippen LogP contribution in [0, 0.1) is 6.92 Å². The number of hydrogen-bond acceptors (Lipinski definition) is 2. The number of hydrogen-bond donors (Lipinski definition) is 0. The molecular formula is C14H13N2O+. The van der Waals surface area contributed by atoms with Crippen LogP contribution in [0.1, 0.15) is 5.56 Å². The summed E-state index contributed by atoms with van der Waals surface area (Å²) in [5.74, 6) is 0.672. The number of nitrogens with zero attached hydrogens (tertiary/aromatic N) is 2.